The number of morpholine rings is 1. The van der Waals surface area contributed by atoms with Gasteiger partial charge in [-0.25, -0.2) is 0 Å². The minimum absolute atomic E-state index is 0.0118. The molecule has 10 heteroatoms. The van der Waals surface area contributed by atoms with Gasteiger partial charge in [0, 0.05) is 44.1 Å². The van der Waals surface area contributed by atoms with E-state index in [2.05, 4.69) is 25.8 Å². The highest BCUT2D eigenvalue weighted by molar-refractivity contribution is 9.10. The Kier molecular flexibility index (Phi) is 7.50. The fraction of sp³-hybridized carbons (Fsp3) is 0.375. The van der Waals surface area contributed by atoms with Crippen molar-refractivity contribution < 1.29 is 29.3 Å². The van der Waals surface area contributed by atoms with Gasteiger partial charge in [0.15, 0.2) is 11.5 Å². The van der Waals surface area contributed by atoms with E-state index >= 15 is 0 Å². The van der Waals surface area contributed by atoms with Gasteiger partial charge in [0.2, 0.25) is 0 Å². The lowest BCUT2D eigenvalue weighted by molar-refractivity contribution is -0.140. The molecule has 9 nitrogen and oxygen atoms in total. The highest BCUT2D eigenvalue weighted by atomic mass is 79.9. The minimum Gasteiger partial charge on any atom is -0.507 e. The number of ether oxygens (including phenoxy) is 2. The van der Waals surface area contributed by atoms with Crippen molar-refractivity contribution in [1.82, 2.24) is 14.8 Å². The summed E-state index contributed by atoms with van der Waals surface area (Å²) in [4.78, 5) is 33.9. The van der Waals surface area contributed by atoms with Crippen LogP contribution < -0.4 is 4.74 Å². The van der Waals surface area contributed by atoms with Gasteiger partial charge in [-0.3, -0.25) is 19.5 Å². The van der Waals surface area contributed by atoms with Crippen LogP contribution in [0.1, 0.15) is 23.6 Å². The largest absolute Gasteiger partial charge is 0.507 e. The molecule has 180 valence electrons. The number of hydrogen-bond donors (Lipinski definition) is 2. The molecule has 3 heterocycles. The van der Waals surface area contributed by atoms with Gasteiger partial charge in [-0.2, -0.15) is 0 Å². The van der Waals surface area contributed by atoms with Crippen LogP contribution in [0.3, 0.4) is 0 Å². The molecule has 1 atom stereocenters. The maximum absolute atomic E-state index is 13.1. The van der Waals surface area contributed by atoms with Crippen LogP contribution in [0.25, 0.3) is 5.76 Å². The van der Waals surface area contributed by atoms with Crippen molar-refractivity contribution >= 4 is 33.4 Å². The number of methoxy groups -OCH3 is 1. The molecule has 1 aromatic heterocycles. The molecular weight excluding hydrogens is 506 g/mol. The summed E-state index contributed by atoms with van der Waals surface area (Å²) in [5, 5.41) is 21.3. The number of benzene rings is 1. The first-order chi connectivity index (χ1) is 16.4. The van der Waals surface area contributed by atoms with Crippen molar-refractivity contribution in [2.24, 2.45) is 0 Å². The third kappa shape index (κ3) is 4.79. The van der Waals surface area contributed by atoms with Crippen molar-refractivity contribution in [2.45, 2.75) is 12.5 Å². The van der Waals surface area contributed by atoms with Crippen LogP contribution in [0.15, 0.2) is 46.7 Å². The fourth-order valence-corrected chi connectivity index (χ4v) is 4.78. The summed E-state index contributed by atoms with van der Waals surface area (Å²) in [6, 6.07) is 5.51. The van der Waals surface area contributed by atoms with Crippen LogP contribution >= 0.6 is 15.9 Å². The molecule has 0 radical (unpaired) electrons. The summed E-state index contributed by atoms with van der Waals surface area (Å²) in [7, 11) is 1.42. The first-order valence-corrected chi connectivity index (χ1v) is 11.8. The maximum atomic E-state index is 13.1. The molecule has 1 amide bonds. The number of aromatic nitrogens is 1. The van der Waals surface area contributed by atoms with E-state index in [1.807, 2.05) is 0 Å². The van der Waals surface area contributed by atoms with E-state index in [1.54, 1.807) is 24.3 Å². The second-order valence-corrected chi connectivity index (χ2v) is 8.94. The highest BCUT2D eigenvalue weighted by Gasteiger charge is 2.46. The van der Waals surface area contributed by atoms with E-state index in [-0.39, 0.29) is 22.8 Å². The number of phenolic OH excluding ortho intramolecular Hbond substituents is 1. The van der Waals surface area contributed by atoms with Gasteiger partial charge in [0.25, 0.3) is 11.7 Å². The summed E-state index contributed by atoms with van der Waals surface area (Å²) in [6.45, 7) is 4.08. The number of phenols is 1. The molecule has 34 heavy (non-hydrogen) atoms. The molecule has 2 fully saturated rings. The topological polar surface area (TPSA) is 112 Å². The van der Waals surface area contributed by atoms with E-state index in [9.17, 15) is 19.8 Å². The Balaban J connectivity index is 1.73. The molecular formula is C24H26BrN3O6. The molecule has 2 aliphatic heterocycles. The molecule has 1 unspecified atom stereocenters. The molecule has 2 N–H and O–H groups in total. The van der Waals surface area contributed by atoms with Gasteiger partial charge in [-0.1, -0.05) is 0 Å². The number of aliphatic hydroxyl groups is 1. The smallest absolute Gasteiger partial charge is 0.295 e. The van der Waals surface area contributed by atoms with Crippen molar-refractivity contribution in [3.63, 3.8) is 0 Å². The van der Waals surface area contributed by atoms with Crippen molar-refractivity contribution in [3.05, 3.63) is 57.8 Å². The number of ketones is 1. The van der Waals surface area contributed by atoms with E-state index in [0.29, 0.717) is 41.8 Å². The molecule has 0 spiro atoms. The Morgan fingerprint density at radius 3 is 2.59 bits per heavy atom. The van der Waals surface area contributed by atoms with E-state index in [4.69, 9.17) is 9.47 Å². The number of Topliss-reactive ketones (excluding diaryl/α,β-unsaturated/α-hetero) is 1. The number of hydrogen-bond acceptors (Lipinski definition) is 8. The lowest BCUT2D eigenvalue weighted by Crippen LogP contribution is -2.39. The van der Waals surface area contributed by atoms with E-state index in [1.165, 1.54) is 24.4 Å². The molecule has 2 saturated heterocycles. The number of nitrogens with zero attached hydrogens (tertiary/aromatic N) is 3. The standard InChI is InChI=1S/C24H26BrN3O6/c1-33-18-14-16(13-17(25)22(18)30)20-19(21(29)15-3-5-26-6-4-15)23(31)24(32)28(20)8-2-7-27-9-11-34-12-10-27/h3-6,13-14,20,29-30H,2,7-12H2,1H3/b21-19+. The number of likely N-dealkylation sites (tertiary alicyclic amines) is 1. The normalized spacial score (nSPS) is 20.6. The highest BCUT2D eigenvalue weighted by Crippen LogP contribution is 2.44. The van der Waals surface area contributed by atoms with Crippen molar-refractivity contribution in [1.29, 1.82) is 0 Å². The van der Waals surface area contributed by atoms with Gasteiger partial charge in [-0.15, -0.1) is 0 Å². The Morgan fingerprint density at radius 1 is 1.21 bits per heavy atom. The van der Waals surface area contributed by atoms with Gasteiger partial charge in [-0.05, 0) is 52.2 Å². The van der Waals surface area contributed by atoms with Gasteiger partial charge in [0.05, 0.1) is 36.4 Å². The van der Waals surface area contributed by atoms with Crippen molar-refractivity contribution in [2.75, 3.05) is 46.5 Å². The zero-order valence-corrected chi connectivity index (χ0v) is 20.3. The third-order valence-electron chi connectivity index (χ3n) is 6.06. The van der Waals surface area contributed by atoms with Crippen LogP contribution in [0.4, 0.5) is 0 Å². The van der Waals surface area contributed by atoms with Gasteiger partial charge >= 0.3 is 0 Å². The molecule has 0 bridgehead atoms. The number of carbonyl (C=O) groups excluding carboxylic acids is 2. The van der Waals surface area contributed by atoms with Crippen LogP contribution in [-0.2, 0) is 14.3 Å². The summed E-state index contributed by atoms with van der Waals surface area (Å²) >= 11 is 3.32. The molecule has 2 aromatic rings. The first kappa shape index (κ1) is 24.2. The minimum atomic E-state index is -0.844. The monoisotopic (exact) mass is 531 g/mol. The summed E-state index contributed by atoms with van der Waals surface area (Å²) in [5.74, 6) is -1.61. The Bertz CT molecular complexity index is 1100. The molecule has 1 aromatic carbocycles. The number of halogens is 1. The number of aromatic hydroxyl groups is 1. The third-order valence-corrected chi connectivity index (χ3v) is 6.66. The van der Waals surface area contributed by atoms with Crippen LogP contribution in [0, 0.1) is 0 Å². The predicted octanol–water partition coefficient (Wildman–Crippen LogP) is 2.70. The number of pyridine rings is 1. The Hall–Kier alpha value is -2.95. The molecule has 4 rings (SSSR count). The second kappa shape index (κ2) is 10.5. The number of amides is 1. The number of rotatable bonds is 7. The number of aliphatic hydroxyl groups excluding tert-OH is 1. The van der Waals surface area contributed by atoms with Crippen molar-refractivity contribution in [3.8, 4) is 11.5 Å². The zero-order valence-electron chi connectivity index (χ0n) is 18.7. The van der Waals surface area contributed by atoms with Gasteiger partial charge < -0.3 is 24.6 Å². The SMILES string of the molecule is COc1cc(C2/C(=C(\O)c3ccncc3)C(=O)C(=O)N2CCCN2CCOCC2)cc(Br)c1O. The summed E-state index contributed by atoms with van der Waals surface area (Å²) in [6.07, 6.45) is 3.65. The predicted molar refractivity (Wildman–Crippen MR) is 127 cm³/mol. The van der Waals surface area contributed by atoms with E-state index < -0.39 is 17.7 Å². The van der Waals surface area contributed by atoms with Gasteiger partial charge in [0.1, 0.15) is 5.76 Å². The zero-order chi connectivity index (χ0) is 24.2. The fourth-order valence-electron chi connectivity index (χ4n) is 4.32. The lowest BCUT2D eigenvalue weighted by Gasteiger charge is -2.29. The quantitative estimate of drug-likeness (QED) is 0.318. The lowest BCUT2D eigenvalue weighted by atomic mass is 9.95. The number of carbonyl (C=O) groups is 2. The molecule has 0 aliphatic carbocycles. The Morgan fingerprint density at radius 2 is 1.91 bits per heavy atom. The van der Waals surface area contributed by atoms with Crippen LogP contribution in [0.5, 0.6) is 11.5 Å². The second-order valence-electron chi connectivity index (χ2n) is 8.09. The average molecular weight is 532 g/mol. The molecule has 0 saturated carbocycles. The van der Waals surface area contributed by atoms with Crippen LogP contribution in [-0.4, -0.2) is 83.2 Å². The van der Waals surface area contributed by atoms with Crippen LogP contribution in [0.2, 0.25) is 0 Å². The summed E-state index contributed by atoms with van der Waals surface area (Å²) < 4.78 is 11.0. The average Bonchev–Trinajstić information content (AvgIpc) is 3.11. The van der Waals surface area contributed by atoms with E-state index in [0.717, 1.165) is 19.6 Å². The Labute approximate surface area is 205 Å². The molecule has 2 aliphatic rings. The summed E-state index contributed by atoms with van der Waals surface area (Å²) in [5.41, 5.74) is 0.904. The maximum Gasteiger partial charge on any atom is 0.295 e. The first-order valence-electron chi connectivity index (χ1n) is 11.0.